The maximum Gasteiger partial charge on any atom is 0.323 e. The number of carbonyl (C=O) groups is 2. The molecule has 1 saturated carbocycles. The minimum atomic E-state index is -0.542. The minimum Gasteiger partial charge on any atom is -0.335 e. The number of nitriles is 1. The summed E-state index contributed by atoms with van der Waals surface area (Å²) in [6.07, 6.45) is 6.66. The van der Waals surface area contributed by atoms with Crippen molar-refractivity contribution in [1.82, 2.24) is 14.8 Å². The third kappa shape index (κ3) is 5.02. The van der Waals surface area contributed by atoms with Crippen LogP contribution in [0.1, 0.15) is 55.7 Å². The summed E-state index contributed by atoms with van der Waals surface area (Å²) in [5, 5.41) is 17.5. The van der Waals surface area contributed by atoms with Crippen molar-refractivity contribution in [1.29, 1.82) is 5.26 Å². The number of benzene rings is 1. The van der Waals surface area contributed by atoms with Crippen LogP contribution in [0.5, 0.6) is 0 Å². The highest BCUT2D eigenvalue weighted by molar-refractivity contribution is 5.99. The molecule has 0 spiro atoms. The van der Waals surface area contributed by atoms with Crippen molar-refractivity contribution in [2.24, 2.45) is 5.92 Å². The predicted octanol–water partition coefficient (Wildman–Crippen LogP) is 3.83. The van der Waals surface area contributed by atoms with Gasteiger partial charge < -0.3 is 25.4 Å². The molecule has 1 aromatic heterocycles. The van der Waals surface area contributed by atoms with E-state index in [9.17, 15) is 14.4 Å². The normalized spacial score (nSPS) is 21.4. The smallest absolute Gasteiger partial charge is 0.323 e. The van der Waals surface area contributed by atoms with Crippen molar-refractivity contribution in [3.05, 3.63) is 58.0 Å². The van der Waals surface area contributed by atoms with Gasteiger partial charge in [0, 0.05) is 43.0 Å². The summed E-state index contributed by atoms with van der Waals surface area (Å²) in [5.41, 5.74) is 1.78. The van der Waals surface area contributed by atoms with Crippen LogP contribution in [0.3, 0.4) is 0 Å². The Hall–Kier alpha value is -3.80. The Balaban J connectivity index is 1.26. The molecule has 3 N–H and O–H groups in total. The molecule has 9 nitrogen and oxygen atoms in total. The zero-order chi connectivity index (χ0) is 24.4. The lowest BCUT2D eigenvalue weighted by atomic mass is 9.83. The molecule has 2 aliphatic heterocycles. The van der Waals surface area contributed by atoms with E-state index in [1.54, 1.807) is 34.9 Å². The molecule has 1 aliphatic carbocycles. The number of carbonyl (C=O) groups excluding carboxylic acids is 2. The molecule has 35 heavy (non-hydrogen) atoms. The molecule has 182 valence electrons. The lowest BCUT2D eigenvalue weighted by Gasteiger charge is -2.43. The Bertz CT molecular complexity index is 1230. The molecule has 2 atom stereocenters. The van der Waals surface area contributed by atoms with Gasteiger partial charge in [0.05, 0.1) is 11.6 Å². The van der Waals surface area contributed by atoms with E-state index in [0.717, 1.165) is 25.0 Å². The molecule has 1 aromatic carbocycles. The molecule has 4 amide bonds. The van der Waals surface area contributed by atoms with Gasteiger partial charge in [-0.1, -0.05) is 25.3 Å². The zero-order valence-electron chi connectivity index (χ0n) is 19.6. The molecule has 3 heterocycles. The predicted molar refractivity (Wildman–Crippen MR) is 132 cm³/mol. The number of hydrogen-bond donors (Lipinski definition) is 3. The first-order valence-electron chi connectivity index (χ1n) is 12.4. The Morgan fingerprint density at radius 3 is 2.63 bits per heavy atom. The highest BCUT2D eigenvalue weighted by Gasteiger charge is 2.37. The molecule has 9 heteroatoms. The van der Waals surface area contributed by atoms with Gasteiger partial charge in [0.25, 0.3) is 5.56 Å². The number of amides is 4. The number of nitrogens with one attached hydrogen (secondary N) is 3. The molecule has 5 rings (SSSR count). The number of pyridine rings is 1. The van der Waals surface area contributed by atoms with E-state index in [2.05, 4.69) is 16.0 Å². The number of anilines is 2. The lowest BCUT2D eigenvalue weighted by Crippen LogP contribution is -2.53. The SMILES string of the molecule is N#Cc1cccc(NC(=O)Nc2ccc3n(c2=O)C[C@H]2C[C@@H]3CN(C(=O)NC3CCCCC3)C2)c1. The van der Waals surface area contributed by atoms with Crippen LogP contribution in [-0.4, -0.2) is 40.7 Å². The summed E-state index contributed by atoms with van der Waals surface area (Å²) in [6.45, 7) is 1.75. The number of urea groups is 2. The Morgan fingerprint density at radius 1 is 1.00 bits per heavy atom. The average molecular weight is 475 g/mol. The van der Waals surface area contributed by atoms with Crippen LogP contribution in [0.2, 0.25) is 0 Å². The van der Waals surface area contributed by atoms with Crippen molar-refractivity contribution < 1.29 is 9.59 Å². The van der Waals surface area contributed by atoms with Gasteiger partial charge in [-0.05, 0) is 55.5 Å². The van der Waals surface area contributed by atoms with Gasteiger partial charge in [-0.3, -0.25) is 4.79 Å². The standard InChI is InChI=1S/C26H30N6O3/c27-13-17-5-4-8-21(12-17)28-25(34)30-22-9-10-23-19-11-18(15-32(23)24(22)33)14-31(16-19)26(35)29-20-6-2-1-3-7-20/h4-5,8-10,12,18-20H,1-3,6-7,11,14-16H2,(H,29,35)(H2,28,30,34)/t18-,19+/m0/s1. The Morgan fingerprint density at radius 2 is 1.83 bits per heavy atom. The molecular weight excluding hydrogens is 444 g/mol. The number of likely N-dealkylation sites (tertiary alicyclic amines) is 1. The Kier molecular flexibility index (Phi) is 6.45. The lowest BCUT2D eigenvalue weighted by molar-refractivity contribution is 0.127. The van der Waals surface area contributed by atoms with Crippen molar-refractivity contribution in [2.75, 3.05) is 23.7 Å². The minimum absolute atomic E-state index is 0.0119. The van der Waals surface area contributed by atoms with Gasteiger partial charge in [0.15, 0.2) is 0 Å². The van der Waals surface area contributed by atoms with E-state index < -0.39 is 6.03 Å². The second kappa shape index (κ2) is 9.82. The fourth-order valence-electron chi connectivity index (χ4n) is 5.67. The monoisotopic (exact) mass is 474 g/mol. The molecule has 3 aliphatic rings. The average Bonchev–Trinajstić information content (AvgIpc) is 2.86. The topological polar surface area (TPSA) is 119 Å². The van der Waals surface area contributed by atoms with Crippen molar-refractivity contribution in [3.8, 4) is 6.07 Å². The summed E-state index contributed by atoms with van der Waals surface area (Å²) >= 11 is 0. The van der Waals surface area contributed by atoms with Crippen LogP contribution in [-0.2, 0) is 6.54 Å². The number of rotatable bonds is 3. The highest BCUT2D eigenvalue weighted by atomic mass is 16.2. The second-order valence-electron chi connectivity index (χ2n) is 9.85. The summed E-state index contributed by atoms with van der Waals surface area (Å²) in [4.78, 5) is 40.5. The summed E-state index contributed by atoms with van der Waals surface area (Å²) in [7, 11) is 0. The number of fused-ring (bicyclic) bond motifs is 4. The van der Waals surface area contributed by atoms with E-state index >= 15 is 0 Å². The molecular formula is C26H30N6O3. The molecule has 0 unspecified atom stereocenters. The maximum atomic E-state index is 13.2. The van der Waals surface area contributed by atoms with Crippen LogP contribution in [0.25, 0.3) is 0 Å². The number of nitrogens with zero attached hydrogens (tertiary/aromatic N) is 3. The summed E-state index contributed by atoms with van der Waals surface area (Å²) < 4.78 is 1.75. The third-order valence-corrected chi connectivity index (χ3v) is 7.32. The first-order valence-corrected chi connectivity index (χ1v) is 12.4. The van der Waals surface area contributed by atoms with Crippen molar-refractivity contribution in [3.63, 3.8) is 0 Å². The second-order valence-corrected chi connectivity index (χ2v) is 9.85. The number of piperidine rings is 1. The number of aromatic nitrogens is 1. The molecule has 2 bridgehead atoms. The van der Waals surface area contributed by atoms with E-state index in [1.165, 1.54) is 19.3 Å². The van der Waals surface area contributed by atoms with Gasteiger partial charge >= 0.3 is 12.1 Å². The highest BCUT2D eigenvalue weighted by Crippen LogP contribution is 2.35. The van der Waals surface area contributed by atoms with E-state index in [1.807, 2.05) is 17.0 Å². The van der Waals surface area contributed by atoms with Crippen molar-refractivity contribution >= 4 is 23.4 Å². The van der Waals surface area contributed by atoms with Gasteiger partial charge in [-0.25, -0.2) is 9.59 Å². The molecule has 1 saturated heterocycles. The van der Waals surface area contributed by atoms with Crippen LogP contribution in [0.15, 0.2) is 41.2 Å². The van der Waals surface area contributed by atoms with E-state index in [4.69, 9.17) is 5.26 Å². The molecule has 2 aromatic rings. The first-order chi connectivity index (χ1) is 17.0. The van der Waals surface area contributed by atoms with E-state index in [0.29, 0.717) is 30.9 Å². The summed E-state index contributed by atoms with van der Waals surface area (Å²) in [6, 6.07) is 11.9. The van der Waals surface area contributed by atoms with Crippen LogP contribution < -0.4 is 21.5 Å². The fraction of sp³-hybridized carbons (Fsp3) is 0.462. The molecule has 0 radical (unpaired) electrons. The first kappa shape index (κ1) is 23.0. The third-order valence-electron chi connectivity index (χ3n) is 7.32. The Labute approximate surface area is 204 Å². The summed E-state index contributed by atoms with van der Waals surface area (Å²) in [5.74, 6) is 0.303. The van der Waals surface area contributed by atoms with Gasteiger partial charge in [-0.2, -0.15) is 5.26 Å². The van der Waals surface area contributed by atoms with Gasteiger partial charge in [0.1, 0.15) is 5.69 Å². The largest absolute Gasteiger partial charge is 0.335 e. The number of hydrogen-bond acceptors (Lipinski definition) is 4. The van der Waals surface area contributed by atoms with Crippen LogP contribution in [0, 0.1) is 17.2 Å². The van der Waals surface area contributed by atoms with E-state index in [-0.39, 0.29) is 35.2 Å². The van der Waals surface area contributed by atoms with Crippen LogP contribution >= 0.6 is 0 Å². The zero-order valence-corrected chi connectivity index (χ0v) is 19.6. The van der Waals surface area contributed by atoms with Crippen LogP contribution in [0.4, 0.5) is 21.0 Å². The molecule has 2 fully saturated rings. The van der Waals surface area contributed by atoms with Gasteiger partial charge in [0.2, 0.25) is 0 Å². The quantitative estimate of drug-likeness (QED) is 0.626. The maximum absolute atomic E-state index is 13.2. The van der Waals surface area contributed by atoms with Crippen molar-refractivity contribution in [2.45, 2.75) is 57.0 Å². The van der Waals surface area contributed by atoms with Gasteiger partial charge in [-0.15, -0.1) is 0 Å². The fourth-order valence-corrected chi connectivity index (χ4v) is 5.67.